The summed E-state index contributed by atoms with van der Waals surface area (Å²) in [5.74, 6) is 0.656. The summed E-state index contributed by atoms with van der Waals surface area (Å²) < 4.78 is 10.6. The van der Waals surface area contributed by atoms with E-state index in [-0.39, 0.29) is 18.8 Å². The summed E-state index contributed by atoms with van der Waals surface area (Å²) in [6, 6.07) is 5.82. The van der Waals surface area contributed by atoms with E-state index in [1.165, 1.54) is 0 Å². The van der Waals surface area contributed by atoms with Crippen molar-refractivity contribution in [3.63, 3.8) is 0 Å². The minimum atomic E-state index is -0.850. The van der Waals surface area contributed by atoms with Gasteiger partial charge in [0, 0.05) is 12.0 Å². The second-order valence-electron chi connectivity index (χ2n) is 4.95. The zero-order chi connectivity index (χ0) is 13.2. The summed E-state index contributed by atoms with van der Waals surface area (Å²) in [5.41, 5.74) is 0.917. The number of carboxylic acids is 1. The molecule has 1 heterocycles. The highest BCUT2D eigenvalue weighted by molar-refractivity contribution is 5.69. The molecule has 5 nitrogen and oxygen atoms in total. The monoisotopic (exact) mass is 251 g/mol. The SMILES string of the molecule is CC(C)(CNCC(=O)O)c1ccc2c(c1)OCO2. The summed E-state index contributed by atoms with van der Waals surface area (Å²) >= 11 is 0. The van der Waals surface area contributed by atoms with E-state index >= 15 is 0 Å². The number of carboxylic acid groups (broad SMARTS) is 1. The predicted molar refractivity (Wildman–Crippen MR) is 66.1 cm³/mol. The Morgan fingerprint density at radius 3 is 2.83 bits per heavy atom. The first-order valence-corrected chi connectivity index (χ1v) is 5.82. The molecule has 0 aromatic heterocycles. The molecule has 2 N–H and O–H groups in total. The summed E-state index contributed by atoms with van der Waals surface area (Å²) in [5, 5.41) is 11.5. The lowest BCUT2D eigenvalue weighted by Crippen LogP contribution is -2.35. The fourth-order valence-electron chi connectivity index (χ4n) is 1.90. The average Bonchev–Trinajstić information content (AvgIpc) is 2.74. The number of ether oxygens (including phenoxy) is 2. The normalized spacial score (nSPS) is 13.7. The van der Waals surface area contributed by atoms with Gasteiger partial charge in [0.2, 0.25) is 6.79 Å². The van der Waals surface area contributed by atoms with Gasteiger partial charge in [-0.25, -0.2) is 0 Å². The molecular weight excluding hydrogens is 234 g/mol. The predicted octanol–water partition coefficient (Wildman–Crippen LogP) is 1.37. The number of benzene rings is 1. The smallest absolute Gasteiger partial charge is 0.317 e. The van der Waals surface area contributed by atoms with Gasteiger partial charge < -0.3 is 19.9 Å². The highest BCUT2D eigenvalue weighted by Gasteiger charge is 2.23. The van der Waals surface area contributed by atoms with Crippen LogP contribution in [0.1, 0.15) is 19.4 Å². The first kappa shape index (κ1) is 12.7. The van der Waals surface area contributed by atoms with Crippen molar-refractivity contribution >= 4 is 5.97 Å². The third kappa shape index (κ3) is 2.73. The van der Waals surface area contributed by atoms with Gasteiger partial charge in [-0.2, -0.15) is 0 Å². The number of nitrogens with one attached hydrogen (secondary N) is 1. The zero-order valence-electron chi connectivity index (χ0n) is 10.5. The molecular formula is C13H17NO4. The van der Waals surface area contributed by atoms with Gasteiger partial charge in [0.15, 0.2) is 11.5 Å². The van der Waals surface area contributed by atoms with Crippen LogP contribution in [0.3, 0.4) is 0 Å². The molecule has 0 aliphatic carbocycles. The van der Waals surface area contributed by atoms with Crippen molar-refractivity contribution in [1.29, 1.82) is 0 Å². The van der Waals surface area contributed by atoms with Crippen LogP contribution in [0, 0.1) is 0 Å². The van der Waals surface area contributed by atoms with Crippen molar-refractivity contribution in [1.82, 2.24) is 5.32 Å². The molecule has 0 spiro atoms. The Hall–Kier alpha value is -1.75. The maximum atomic E-state index is 10.5. The van der Waals surface area contributed by atoms with Crippen LogP contribution >= 0.6 is 0 Å². The molecule has 2 rings (SSSR count). The van der Waals surface area contributed by atoms with E-state index in [4.69, 9.17) is 14.6 Å². The number of hydrogen-bond donors (Lipinski definition) is 2. The maximum Gasteiger partial charge on any atom is 0.317 e. The highest BCUT2D eigenvalue weighted by atomic mass is 16.7. The standard InChI is InChI=1S/C13H17NO4/c1-13(2,7-14-6-12(15)16)9-3-4-10-11(5-9)18-8-17-10/h3-5,14H,6-8H2,1-2H3,(H,15,16). The zero-order valence-corrected chi connectivity index (χ0v) is 10.5. The van der Waals surface area contributed by atoms with E-state index in [2.05, 4.69) is 19.2 Å². The quantitative estimate of drug-likeness (QED) is 0.827. The number of hydrogen-bond acceptors (Lipinski definition) is 4. The Bertz CT molecular complexity index is 456. The van der Waals surface area contributed by atoms with Crippen LogP contribution in [0.25, 0.3) is 0 Å². The van der Waals surface area contributed by atoms with Gasteiger partial charge in [0.1, 0.15) is 0 Å². The molecule has 0 amide bonds. The molecule has 98 valence electrons. The molecule has 0 saturated carbocycles. The largest absolute Gasteiger partial charge is 0.480 e. The lowest BCUT2D eigenvalue weighted by Gasteiger charge is -2.25. The lowest BCUT2D eigenvalue weighted by molar-refractivity contribution is -0.136. The van der Waals surface area contributed by atoms with Crippen LogP contribution < -0.4 is 14.8 Å². The van der Waals surface area contributed by atoms with Gasteiger partial charge in [-0.3, -0.25) is 4.79 Å². The third-order valence-electron chi connectivity index (χ3n) is 3.00. The number of rotatable bonds is 5. The molecule has 5 heteroatoms. The molecule has 0 saturated heterocycles. The van der Waals surface area contributed by atoms with Gasteiger partial charge in [-0.05, 0) is 17.7 Å². The van der Waals surface area contributed by atoms with Gasteiger partial charge in [0.25, 0.3) is 0 Å². The van der Waals surface area contributed by atoms with Crippen LogP contribution in [-0.2, 0) is 10.2 Å². The van der Waals surface area contributed by atoms with E-state index < -0.39 is 5.97 Å². The molecule has 1 aromatic rings. The molecule has 0 unspecified atom stereocenters. The fourth-order valence-corrected chi connectivity index (χ4v) is 1.90. The summed E-state index contributed by atoms with van der Waals surface area (Å²) in [6.07, 6.45) is 0. The maximum absolute atomic E-state index is 10.5. The molecule has 0 fully saturated rings. The summed E-state index contributed by atoms with van der Waals surface area (Å²) in [7, 11) is 0. The highest BCUT2D eigenvalue weighted by Crippen LogP contribution is 2.36. The van der Waals surface area contributed by atoms with E-state index in [1.807, 2.05) is 18.2 Å². The van der Waals surface area contributed by atoms with E-state index in [0.29, 0.717) is 6.54 Å². The van der Waals surface area contributed by atoms with Crippen molar-refractivity contribution in [2.75, 3.05) is 19.9 Å². The second-order valence-corrected chi connectivity index (χ2v) is 4.95. The van der Waals surface area contributed by atoms with Crippen LogP contribution in [-0.4, -0.2) is 31.0 Å². The average molecular weight is 251 g/mol. The topological polar surface area (TPSA) is 67.8 Å². The molecule has 1 aliphatic rings. The Morgan fingerprint density at radius 1 is 1.39 bits per heavy atom. The fraction of sp³-hybridized carbons (Fsp3) is 0.462. The third-order valence-corrected chi connectivity index (χ3v) is 3.00. The van der Waals surface area contributed by atoms with Gasteiger partial charge in [-0.1, -0.05) is 19.9 Å². The van der Waals surface area contributed by atoms with E-state index in [9.17, 15) is 4.79 Å². The van der Waals surface area contributed by atoms with Crippen LogP contribution in [0.4, 0.5) is 0 Å². The van der Waals surface area contributed by atoms with Gasteiger partial charge >= 0.3 is 5.97 Å². The van der Waals surface area contributed by atoms with Crippen LogP contribution in [0.5, 0.6) is 11.5 Å². The Labute approximate surface area is 106 Å². The lowest BCUT2D eigenvalue weighted by atomic mass is 9.84. The molecule has 0 atom stereocenters. The minimum Gasteiger partial charge on any atom is -0.480 e. The number of aliphatic carboxylic acids is 1. The van der Waals surface area contributed by atoms with Crippen molar-refractivity contribution in [2.45, 2.75) is 19.3 Å². The second kappa shape index (κ2) is 4.86. The van der Waals surface area contributed by atoms with Crippen LogP contribution in [0.2, 0.25) is 0 Å². The van der Waals surface area contributed by atoms with Gasteiger partial charge in [0.05, 0.1) is 6.54 Å². The van der Waals surface area contributed by atoms with Crippen molar-refractivity contribution in [2.24, 2.45) is 0 Å². The molecule has 0 bridgehead atoms. The van der Waals surface area contributed by atoms with Crippen molar-refractivity contribution in [3.8, 4) is 11.5 Å². The summed E-state index contributed by atoms with van der Waals surface area (Å²) in [4.78, 5) is 10.5. The van der Waals surface area contributed by atoms with Crippen LogP contribution in [0.15, 0.2) is 18.2 Å². The van der Waals surface area contributed by atoms with Crippen molar-refractivity contribution in [3.05, 3.63) is 23.8 Å². The first-order valence-electron chi connectivity index (χ1n) is 5.82. The molecule has 1 aliphatic heterocycles. The Balaban J connectivity index is 2.07. The first-order chi connectivity index (χ1) is 8.49. The number of fused-ring (bicyclic) bond motifs is 1. The Kier molecular flexibility index (Phi) is 3.43. The number of carbonyl (C=O) groups is 1. The van der Waals surface area contributed by atoms with Crippen molar-refractivity contribution < 1.29 is 19.4 Å². The minimum absolute atomic E-state index is 0.0337. The molecule has 0 radical (unpaired) electrons. The summed E-state index contributed by atoms with van der Waals surface area (Å²) in [6.45, 7) is 4.92. The Morgan fingerprint density at radius 2 is 2.11 bits per heavy atom. The van der Waals surface area contributed by atoms with E-state index in [1.54, 1.807) is 0 Å². The molecule has 18 heavy (non-hydrogen) atoms. The molecule has 1 aromatic carbocycles. The van der Waals surface area contributed by atoms with E-state index in [0.717, 1.165) is 17.1 Å². The van der Waals surface area contributed by atoms with Gasteiger partial charge in [-0.15, -0.1) is 0 Å².